The van der Waals surface area contributed by atoms with Gasteiger partial charge in [-0.3, -0.25) is 4.79 Å². The van der Waals surface area contributed by atoms with Gasteiger partial charge in [0.2, 0.25) is 0 Å². The minimum absolute atomic E-state index is 0.0173. The molecule has 20 heavy (non-hydrogen) atoms. The lowest BCUT2D eigenvalue weighted by molar-refractivity contribution is 0.0901. The highest BCUT2D eigenvalue weighted by molar-refractivity contribution is 6.09. The fourth-order valence-electron chi connectivity index (χ4n) is 2.20. The maximum Gasteiger partial charge on any atom is 0.168 e. The van der Waals surface area contributed by atoms with Gasteiger partial charge < -0.3 is 9.72 Å². The SMILES string of the molecule is CC(C)Oc1ccc2[nH]cc(C(=O)C(C)C(C)C)c2c1. The van der Waals surface area contributed by atoms with Crippen LogP contribution in [0.5, 0.6) is 5.75 Å². The molecule has 0 amide bonds. The number of carbonyl (C=O) groups is 1. The number of benzene rings is 1. The normalized spacial score (nSPS) is 13.2. The third kappa shape index (κ3) is 2.87. The van der Waals surface area contributed by atoms with Gasteiger partial charge in [0, 0.05) is 28.6 Å². The van der Waals surface area contributed by atoms with Crippen LogP contribution in [-0.2, 0) is 0 Å². The predicted octanol–water partition coefficient (Wildman–Crippen LogP) is 4.43. The number of ether oxygens (including phenoxy) is 1. The molecule has 0 aliphatic rings. The molecule has 2 rings (SSSR count). The average Bonchev–Trinajstić information content (AvgIpc) is 2.79. The van der Waals surface area contributed by atoms with E-state index in [-0.39, 0.29) is 17.8 Å². The maximum atomic E-state index is 12.5. The minimum Gasteiger partial charge on any atom is -0.491 e. The Morgan fingerprint density at radius 2 is 1.85 bits per heavy atom. The smallest absolute Gasteiger partial charge is 0.168 e. The Hall–Kier alpha value is -1.77. The third-order valence-electron chi connectivity index (χ3n) is 3.70. The number of rotatable bonds is 5. The van der Waals surface area contributed by atoms with Gasteiger partial charge in [-0.2, -0.15) is 0 Å². The number of Topliss-reactive ketones (excluding diaryl/α,β-unsaturated/α-hetero) is 1. The fraction of sp³-hybridized carbons (Fsp3) is 0.471. The van der Waals surface area contributed by atoms with Crippen LogP contribution in [0.15, 0.2) is 24.4 Å². The van der Waals surface area contributed by atoms with Crippen LogP contribution in [0.2, 0.25) is 0 Å². The molecule has 1 atom stereocenters. The zero-order valence-corrected chi connectivity index (χ0v) is 12.9. The van der Waals surface area contributed by atoms with Gasteiger partial charge in [0.15, 0.2) is 5.78 Å². The van der Waals surface area contributed by atoms with Gasteiger partial charge in [-0.05, 0) is 38.0 Å². The van der Waals surface area contributed by atoms with Crippen LogP contribution in [-0.4, -0.2) is 16.9 Å². The minimum atomic E-state index is 0.0173. The van der Waals surface area contributed by atoms with Crippen LogP contribution in [0.1, 0.15) is 45.0 Å². The Labute approximate surface area is 120 Å². The van der Waals surface area contributed by atoms with Gasteiger partial charge >= 0.3 is 0 Å². The van der Waals surface area contributed by atoms with Gasteiger partial charge in [0.1, 0.15) is 5.75 Å². The number of H-pyrrole nitrogens is 1. The third-order valence-corrected chi connectivity index (χ3v) is 3.70. The van der Waals surface area contributed by atoms with E-state index in [0.717, 1.165) is 22.2 Å². The molecule has 0 bridgehead atoms. The van der Waals surface area contributed by atoms with E-state index in [1.807, 2.05) is 45.2 Å². The molecule has 0 aliphatic heterocycles. The summed E-state index contributed by atoms with van der Waals surface area (Å²) >= 11 is 0. The second-order valence-corrected chi connectivity index (χ2v) is 5.97. The lowest BCUT2D eigenvalue weighted by Gasteiger charge is -2.14. The number of carbonyl (C=O) groups excluding carboxylic acids is 1. The average molecular weight is 273 g/mol. The van der Waals surface area contributed by atoms with Crippen molar-refractivity contribution in [1.82, 2.24) is 4.98 Å². The van der Waals surface area contributed by atoms with Gasteiger partial charge in [0.25, 0.3) is 0 Å². The second kappa shape index (κ2) is 5.70. The van der Waals surface area contributed by atoms with Crippen LogP contribution in [0, 0.1) is 11.8 Å². The van der Waals surface area contributed by atoms with E-state index in [9.17, 15) is 4.79 Å². The zero-order valence-electron chi connectivity index (χ0n) is 12.9. The summed E-state index contributed by atoms with van der Waals surface area (Å²) < 4.78 is 5.71. The van der Waals surface area contributed by atoms with Crippen molar-refractivity contribution in [2.45, 2.75) is 40.7 Å². The summed E-state index contributed by atoms with van der Waals surface area (Å²) in [6, 6.07) is 5.84. The number of fused-ring (bicyclic) bond motifs is 1. The van der Waals surface area contributed by atoms with E-state index in [0.29, 0.717) is 5.92 Å². The van der Waals surface area contributed by atoms with E-state index in [4.69, 9.17) is 4.74 Å². The van der Waals surface area contributed by atoms with E-state index in [2.05, 4.69) is 18.8 Å². The highest BCUT2D eigenvalue weighted by atomic mass is 16.5. The van der Waals surface area contributed by atoms with Crippen LogP contribution in [0.25, 0.3) is 10.9 Å². The first-order valence-electron chi connectivity index (χ1n) is 7.22. The molecule has 0 spiro atoms. The number of ketones is 1. The number of nitrogens with one attached hydrogen (secondary N) is 1. The van der Waals surface area contributed by atoms with Crippen molar-refractivity contribution in [3.63, 3.8) is 0 Å². The first-order valence-corrected chi connectivity index (χ1v) is 7.22. The molecule has 0 saturated heterocycles. The molecular weight excluding hydrogens is 250 g/mol. The Balaban J connectivity index is 2.41. The summed E-state index contributed by atoms with van der Waals surface area (Å²) in [6.45, 7) is 10.1. The number of aromatic nitrogens is 1. The monoisotopic (exact) mass is 273 g/mol. The Morgan fingerprint density at radius 1 is 1.15 bits per heavy atom. The number of hydrogen-bond donors (Lipinski definition) is 1. The lowest BCUT2D eigenvalue weighted by atomic mass is 9.89. The molecule has 3 nitrogen and oxygen atoms in total. The van der Waals surface area contributed by atoms with Crippen LogP contribution < -0.4 is 4.74 Å². The lowest BCUT2D eigenvalue weighted by Crippen LogP contribution is -2.16. The highest BCUT2D eigenvalue weighted by Gasteiger charge is 2.21. The summed E-state index contributed by atoms with van der Waals surface area (Å²) in [5.41, 5.74) is 1.73. The van der Waals surface area contributed by atoms with E-state index in [1.165, 1.54) is 0 Å². The molecule has 1 aromatic carbocycles. The molecule has 1 unspecified atom stereocenters. The molecule has 2 aromatic rings. The highest BCUT2D eigenvalue weighted by Crippen LogP contribution is 2.27. The Morgan fingerprint density at radius 3 is 2.45 bits per heavy atom. The zero-order chi connectivity index (χ0) is 14.9. The molecule has 108 valence electrons. The summed E-state index contributed by atoms with van der Waals surface area (Å²) in [5.74, 6) is 1.34. The summed E-state index contributed by atoms with van der Waals surface area (Å²) in [5, 5.41) is 0.945. The van der Waals surface area contributed by atoms with E-state index < -0.39 is 0 Å². The molecule has 0 aliphatic carbocycles. The van der Waals surface area contributed by atoms with Crippen molar-refractivity contribution in [2.24, 2.45) is 11.8 Å². The van der Waals surface area contributed by atoms with Crippen molar-refractivity contribution in [3.05, 3.63) is 30.0 Å². The van der Waals surface area contributed by atoms with Gasteiger partial charge in [-0.25, -0.2) is 0 Å². The molecule has 0 saturated carbocycles. The van der Waals surface area contributed by atoms with E-state index in [1.54, 1.807) is 0 Å². The first-order chi connectivity index (χ1) is 9.40. The molecule has 1 aromatic heterocycles. The van der Waals surface area contributed by atoms with Crippen molar-refractivity contribution in [2.75, 3.05) is 0 Å². The molecular formula is C17H23NO2. The van der Waals surface area contributed by atoms with Gasteiger partial charge in [-0.1, -0.05) is 20.8 Å². The van der Waals surface area contributed by atoms with Crippen molar-refractivity contribution < 1.29 is 9.53 Å². The quantitative estimate of drug-likeness (QED) is 0.819. The standard InChI is InChI=1S/C17H23NO2/c1-10(2)12(5)17(19)15-9-18-16-7-6-13(8-14(15)16)20-11(3)4/h6-12,18H,1-5H3. The van der Waals surface area contributed by atoms with Crippen LogP contribution in [0.3, 0.4) is 0 Å². The molecule has 0 radical (unpaired) electrons. The molecule has 3 heteroatoms. The second-order valence-electron chi connectivity index (χ2n) is 5.97. The maximum absolute atomic E-state index is 12.5. The Bertz CT molecular complexity index is 610. The van der Waals surface area contributed by atoms with Crippen molar-refractivity contribution >= 4 is 16.7 Å². The first kappa shape index (κ1) is 14.6. The number of aromatic amines is 1. The molecule has 1 heterocycles. The van der Waals surface area contributed by atoms with Crippen molar-refractivity contribution in [1.29, 1.82) is 0 Å². The molecule has 1 N–H and O–H groups in total. The summed E-state index contributed by atoms with van der Waals surface area (Å²) in [4.78, 5) is 15.7. The van der Waals surface area contributed by atoms with Crippen molar-refractivity contribution in [3.8, 4) is 5.75 Å². The largest absolute Gasteiger partial charge is 0.491 e. The fourth-order valence-corrected chi connectivity index (χ4v) is 2.20. The van der Waals surface area contributed by atoms with Crippen LogP contribution >= 0.6 is 0 Å². The predicted molar refractivity (Wildman–Crippen MR) is 82.4 cm³/mol. The summed E-state index contributed by atoms with van der Waals surface area (Å²) in [7, 11) is 0. The summed E-state index contributed by atoms with van der Waals surface area (Å²) in [6.07, 6.45) is 1.94. The van der Waals surface area contributed by atoms with Gasteiger partial charge in [-0.15, -0.1) is 0 Å². The Kier molecular flexibility index (Phi) is 4.17. The van der Waals surface area contributed by atoms with E-state index >= 15 is 0 Å². The number of hydrogen-bond acceptors (Lipinski definition) is 2. The topological polar surface area (TPSA) is 42.1 Å². The van der Waals surface area contributed by atoms with Crippen LogP contribution in [0.4, 0.5) is 0 Å². The van der Waals surface area contributed by atoms with Gasteiger partial charge in [0.05, 0.1) is 6.10 Å². The molecule has 0 fully saturated rings.